The minimum atomic E-state index is -0.565. The van der Waals surface area contributed by atoms with Gasteiger partial charge in [0.1, 0.15) is 5.02 Å². The van der Waals surface area contributed by atoms with E-state index in [0.29, 0.717) is 11.1 Å². The summed E-state index contributed by atoms with van der Waals surface area (Å²) in [5, 5.41) is 10.7. The first-order valence-corrected chi connectivity index (χ1v) is 5.42. The van der Waals surface area contributed by atoms with Crippen LogP contribution < -0.4 is 0 Å². The molecule has 0 amide bonds. The lowest BCUT2D eigenvalue weighted by Gasteiger charge is -2.06. The van der Waals surface area contributed by atoms with Gasteiger partial charge in [0.15, 0.2) is 0 Å². The van der Waals surface area contributed by atoms with Crippen LogP contribution in [0.15, 0.2) is 12.1 Å². The zero-order valence-corrected chi connectivity index (χ0v) is 10.3. The summed E-state index contributed by atoms with van der Waals surface area (Å²) in [5.74, 6) is -0.450. The number of nitro benzene ring substituents is 1. The van der Waals surface area contributed by atoms with Gasteiger partial charge in [0.25, 0.3) is 5.69 Å². The number of carbonyl (C=O) groups is 1. The molecule has 1 aromatic rings. The number of esters is 1. The molecule has 0 radical (unpaired) electrons. The largest absolute Gasteiger partial charge is 0.466 e. The highest BCUT2D eigenvalue weighted by molar-refractivity contribution is 6.33. The Kier molecular flexibility index (Phi) is 4.45. The first-order valence-electron chi connectivity index (χ1n) is 5.04. The van der Waals surface area contributed by atoms with Crippen molar-refractivity contribution in [3.05, 3.63) is 38.4 Å². The monoisotopic (exact) mass is 257 g/mol. The van der Waals surface area contributed by atoms with E-state index in [4.69, 9.17) is 16.3 Å². The van der Waals surface area contributed by atoms with E-state index in [1.807, 2.05) is 0 Å². The van der Waals surface area contributed by atoms with Crippen LogP contribution in [-0.4, -0.2) is 17.5 Å². The Morgan fingerprint density at radius 3 is 2.71 bits per heavy atom. The van der Waals surface area contributed by atoms with Gasteiger partial charge in [-0.2, -0.15) is 0 Å². The van der Waals surface area contributed by atoms with Crippen molar-refractivity contribution in [1.29, 1.82) is 0 Å². The van der Waals surface area contributed by atoms with Crippen molar-refractivity contribution in [1.82, 2.24) is 0 Å². The number of nitro groups is 1. The van der Waals surface area contributed by atoms with Gasteiger partial charge >= 0.3 is 5.97 Å². The average molecular weight is 258 g/mol. The zero-order valence-electron chi connectivity index (χ0n) is 9.53. The number of rotatable bonds is 4. The second-order valence-corrected chi connectivity index (χ2v) is 3.87. The van der Waals surface area contributed by atoms with Crippen LogP contribution in [0, 0.1) is 17.0 Å². The van der Waals surface area contributed by atoms with E-state index in [1.165, 1.54) is 6.07 Å². The fourth-order valence-electron chi connectivity index (χ4n) is 1.45. The molecular formula is C11H12ClNO4. The number of nitrogens with zero attached hydrogens (tertiary/aromatic N) is 1. The Morgan fingerprint density at radius 2 is 2.18 bits per heavy atom. The van der Waals surface area contributed by atoms with E-state index in [1.54, 1.807) is 19.9 Å². The quantitative estimate of drug-likeness (QED) is 0.472. The van der Waals surface area contributed by atoms with Crippen LogP contribution >= 0.6 is 11.6 Å². The second-order valence-electron chi connectivity index (χ2n) is 3.50. The maximum atomic E-state index is 11.3. The van der Waals surface area contributed by atoms with Crippen molar-refractivity contribution in [3.8, 4) is 0 Å². The third kappa shape index (κ3) is 3.42. The fraction of sp³-hybridized carbons (Fsp3) is 0.364. The number of hydrogen-bond donors (Lipinski definition) is 0. The predicted molar refractivity (Wildman–Crippen MR) is 63.2 cm³/mol. The predicted octanol–water partition coefficient (Wildman–Crippen LogP) is 2.66. The molecule has 0 spiro atoms. The van der Waals surface area contributed by atoms with Crippen molar-refractivity contribution in [2.24, 2.45) is 0 Å². The highest BCUT2D eigenvalue weighted by Crippen LogP contribution is 2.30. The van der Waals surface area contributed by atoms with Crippen molar-refractivity contribution in [3.63, 3.8) is 0 Å². The summed E-state index contributed by atoms with van der Waals surface area (Å²) in [6.07, 6.45) is -0.0603. The number of benzene rings is 1. The molecule has 5 nitrogen and oxygen atoms in total. The first kappa shape index (κ1) is 13.4. The summed E-state index contributed by atoms with van der Waals surface area (Å²) in [7, 11) is 0. The normalized spacial score (nSPS) is 10.1. The summed E-state index contributed by atoms with van der Waals surface area (Å²) in [6.45, 7) is 3.67. The lowest BCUT2D eigenvalue weighted by atomic mass is 10.1. The van der Waals surface area contributed by atoms with Gasteiger partial charge in [0.2, 0.25) is 0 Å². The number of hydrogen-bond acceptors (Lipinski definition) is 4. The third-order valence-corrected chi connectivity index (χ3v) is 2.55. The molecule has 0 heterocycles. The molecule has 92 valence electrons. The summed E-state index contributed by atoms with van der Waals surface area (Å²) < 4.78 is 4.77. The number of ether oxygens (including phenoxy) is 1. The van der Waals surface area contributed by atoms with Crippen molar-refractivity contribution >= 4 is 23.3 Å². The summed E-state index contributed by atoms with van der Waals surface area (Å²) in [4.78, 5) is 21.5. The van der Waals surface area contributed by atoms with Crippen LogP contribution in [0.1, 0.15) is 18.1 Å². The molecule has 1 rings (SSSR count). The highest BCUT2D eigenvalue weighted by atomic mass is 35.5. The summed E-state index contributed by atoms with van der Waals surface area (Å²) in [5.41, 5.74) is 0.906. The first-order chi connectivity index (χ1) is 7.95. The smallest absolute Gasteiger partial charge is 0.310 e. The molecular weight excluding hydrogens is 246 g/mol. The maximum absolute atomic E-state index is 11.3. The molecule has 0 atom stereocenters. The second kappa shape index (κ2) is 5.63. The summed E-state index contributed by atoms with van der Waals surface area (Å²) in [6, 6.07) is 3.02. The Bertz CT molecular complexity index is 459. The number of carbonyl (C=O) groups excluding carboxylic acids is 1. The highest BCUT2D eigenvalue weighted by Gasteiger charge is 2.18. The van der Waals surface area contributed by atoms with Gasteiger partial charge in [-0.1, -0.05) is 17.7 Å². The molecule has 0 bridgehead atoms. The van der Waals surface area contributed by atoms with Gasteiger partial charge < -0.3 is 4.74 Å². The Morgan fingerprint density at radius 1 is 1.53 bits per heavy atom. The molecule has 0 N–H and O–H groups in total. The standard InChI is InChI=1S/C11H12ClNO4/c1-3-17-10(14)6-8-4-7(2)5-9(11(8)12)13(15)16/h4-5H,3,6H2,1-2H3. The van der Waals surface area contributed by atoms with Gasteiger partial charge in [0, 0.05) is 6.07 Å². The van der Waals surface area contributed by atoms with E-state index in [9.17, 15) is 14.9 Å². The minimum absolute atomic E-state index is 0.00588. The molecule has 0 saturated carbocycles. The van der Waals surface area contributed by atoms with Crippen LogP contribution in [0.2, 0.25) is 5.02 Å². The van der Waals surface area contributed by atoms with Gasteiger partial charge in [-0.15, -0.1) is 0 Å². The molecule has 0 aliphatic heterocycles. The van der Waals surface area contributed by atoms with Crippen LogP contribution in [-0.2, 0) is 16.0 Å². The van der Waals surface area contributed by atoms with E-state index in [2.05, 4.69) is 0 Å². The van der Waals surface area contributed by atoms with Crippen LogP contribution in [0.25, 0.3) is 0 Å². The van der Waals surface area contributed by atoms with Gasteiger partial charge in [-0.3, -0.25) is 14.9 Å². The molecule has 0 aliphatic rings. The van der Waals surface area contributed by atoms with E-state index >= 15 is 0 Å². The van der Waals surface area contributed by atoms with E-state index in [0.717, 1.165) is 0 Å². The van der Waals surface area contributed by atoms with Crippen LogP contribution in [0.3, 0.4) is 0 Å². The van der Waals surface area contributed by atoms with Gasteiger partial charge in [0.05, 0.1) is 18.0 Å². The van der Waals surface area contributed by atoms with E-state index < -0.39 is 10.9 Å². The van der Waals surface area contributed by atoms with Gasteiger partial charge in [-0.25, -0.2) is 0 Å². The third-order valence-electron chi connectivity index (χ3n) is 2.11. The van der Waals surface area contributed by atoms with Crippen molar-refractivity contribution < 1.29 is 14.5 Å². The van der Waals surface area contributed by atoms with E-state index in [-0.39, 0.29) is 23.7 Å². The van der Waals surface area contributed by atoms with Crippen molar-refractivity contribution in [2.75, 3.05) is 6.61 Å². The molecule has 0 aromatic heterocycles. The molecule has 0 aliphatic carbocycles. The SMILES string of the molecule is CCOC(=O)Cc1cc(C)cc([N+](=O)[O-])c1Cl. The van der Waals surface area contributed by atoms with Crippen LogP contribution in [0.5, 0.6) is 0 Å². The topological polar surface area (TPSA) is 69.4 Å². The fourth-order valence-corrected chi connectivity index (χ4v) is 1.70. The van der Waals surface area contributed by atoms with Crippen LogP contribution in [0.4, 0.5) is 5.69 Å². The number of halogens is 1. The zero-order chi connectivity index (χ0) is 13.0. The molecule has 0 saturated heterocycles. The molecule has 0 unspecified atom stereocenters. The minimum Gasteiger partial charge on any atom is -0.466 e. The Labute approximate surface area is 103 Å². The number of aryl methyl sites for hydroxylation is 1. The lowest BCUT2D eigenvalue weighted by Crippen LogP contribution is -2.08. The average Bonchev–Trinajstić information content (AvgIpc) is 2.22. The van der Waals surface area contributed by atoms with Gasteiger partial charge in [-0.05, 0) is 25.0 Å². The summed E-state index contributed by atoms with van der Waals surface area (Å²) >= 11 is 5.87. The Hall–Kier alpha value is -1.62. The molecule has 6 heteroatoms. The lowest BCUT2D eigenvalue weighted by molar-refractivity contribution is -0.384. The molecule has 0 fully saturated rings. The maximum Gasteiger partial charge on any atom is 0.310 e. The van der Waals surface area contributed by atoms with Crippen molar-refractivity contribution in [2.45, 2.75) is 20.3 Å². The molecule has 1 aromatic carbocycles. The Balaban J connectivity index is 3.07. The molecule has 17 heavy (non-hydrogen) atoms.